The van der Waals surface area contributed by atoms with Crippen LogP contribution in [0.4, 0.5) is 13.2 Å². The van der Waals surface area contributed by atoms with E-state index in [0.717, 1.165) is 12.1 Å². The Labute approximate surface area is 174 Å². The van der Waals surface area contributed by atoms with Crippen LogP contribution in [0, 0.1) is 11.3 Å². The average molecular weight is 448 g/mol. The molecule has 0 radical (unpaired) electrons. The van der Waals surface area contributed by atoms with Crippen LogP contribution in [-0.4, -0.2) is 25.3 Å². The molecule has 0 aliphatic heterocycles. The third-order valence-corrected chi connectivity index (χ3v) is 4.08. The molecule has 5 nitrogen and oxygen atoms in total. The summed E-state index contributed by atoms with van der Waals surface area (Å²) in [5.74, 6) is -0.723. The number of esters is 1. The van der Waals surface area contributed by atoms with Gasteiger partial charge in [-0.1, -0.05) is 35.3 Å². The van der Waals surface area contributed by atoms with E-state index in [4.69, 9.17) is 42.7 Å². The van der Waals surface area contributed by atoms with E-state index < -0.39 is 30.4 Å². The van der Waals surface area contributed by atoms with E-state index in [2.05, 4.69) is 0 Å². The highest BCUT2D eigenvalue weighted by Crippen LogP contribution is 2.35. The highest BCUT2D eigenvalue weighted by Gasteiger charge is 2.31. The van der Waals surface area contributed by atoms with Gasteiger partial charge in [-0.25, -0.2) is 4.79 Å². The van der Waals surface area contributed by atoms with Crippen LogP contribution >= 0.6 is 23.2 Å². The van der Waals surface area contributed by atoms with Crippen LogP contribution in [-0.2, 0) is 15.7 Å². The molecule has 0 saturated heterocycles. The van der Waals surface area contributed by atoms with E-state index in [9.17, 15) is 18.0 Å². The number of benzene rings is 2. The van der Waals surface area contributed by atoms with Gasteiger partial charge in [0, 0.05) is 0 Å². The Morgan fingerprint density at radius 1 is 1.10 bits per heavy atom. The van der Waals surface area contributed by atoms with Crippen LogP contribution in [0.2, 0.25) is 10.0 Å². The Hall–Kier alpha value is -2.63. The zero-order valence-electron chi connectivity index (χ0n) is 14.7. The van der Waals surface area contributed by atoms with Crippen molar-refractivity contribution in [3.8, 4) is 17.6 Å². The summed E-state index contributed by atoms with van der Waals surface area (Å²) in [5, 5.41) is 8.49. The van der Waals surface area contributed by atoms with Gasteiger partial charge in [0.2, 0.25) is 6.10 Å². The molecule has 0 N–H and O–H groups in total. The summed E-state index contributed by atoms with van der Waals surface area (Å²) < 4.78 is 54.1. The molecular weight excluding hydrogens is 434 g/mol. The Balaban J connectivity index is 2.14. The molecule has 2 aromatic carbocycles. The van der Waals surface area contributed by atoms with E-state index in [1.54, 1.807) is 18.2 Å². The largest absolute Gasteiger partial charge is 0.488 e. The van der Waals surface area contributed by atoms with Crippen molar-refractivity contribution in [3.63, 3.8) is 0 Å². The molecule has 0 amide bonds. The van der Waals surface area contributed by atoms with Gasteiger partial charge in [-0.15, -0.1) is 0 Å². The van der Waals surface area contributed by atoms with Gasteiger partial charge in [-0.3, -0.25) is 0 Å². The fourth-order valence-electron chi connectivity index (χ4n) is 2.09. The lowest BCUT2D eigenvalue weighted by Crippen LogP contribution is -2.35. The SMILES string of the molecule is N#CCCOC(=O)C(COc1ccc(C(F)(F)F)cc1Cl)Oc1ccccc1Cl. The van der Waals surface area contributed by atoms with Crippen LogP contribution < -0.4 is 9.47 Å². The number of nitrogens with zero attached hydrogens (tertiary/aromatic N) is 1. The molecule has 2 rings (SSSR count). The minimum absolute atomic E-state index is 0.0177. The predicted octanol–water partition coefficient (Wildman–Crippen LogP) is 5.30. The van der Waals surface area contributed by atoms with Gasteiger partial charge in [-0.05, 0) is 30.3 Å². The number of ether oxygens (including phenoxy) is 3. The van der Waals surface area contributed by atoms with Crippen molar-refractivity contribution in [1.29, 1.82) is 5.26 Å². The molecule has 29 heavy (non-hydrogen) atoms. The fourth-order valence-corrected chi connectivity index (χ4v) is 2.51. The topological polar surface area (TPSA) is 68.5 Å². The zero-order valence-corrected chi connectivity index (χ0v) is 16.2. The van der Waals surface area contributed by atoms with Gasteiger partial charge < -0.3 is 14.2 Å². The normalized spacial score (nSPS) is 12.0. The van der Waals surface area contributed by atoms with Crippen LogP contribution in [0.5, 0.6) is 11.5 Å². The molecule has 0 aromatic heterocycles. The number of alkyl halides is 3. The third kappa shape index (κ3) is 6.73. The first kappa shape index (κ1) is 22.7. The Bertz CT molecular complexity index is 900. The number of carbonyl (C=O) groups excluding carboxylic acids is 1. The van der Waals surface area contributed by atoms with Crippen molar-refractivity contribution in [1.82, 2.24) is 0 Å². The number of para-hydroxylation sites is 1. The number of hydrogen-bond acceptors (Lipinski definition) is 5. The standard InChI is InChI=1S/C19H14Cl2F3NO4/c20-13-4-1-2-5-16(13)29-17(18(26)27-9-3-8-25)11-28-15-7-6-12(10-14(15)21)19(22,23)24/h1-2,4-7,10,17H,3,9,11H2. The summed E-state index contributed by atoms with van der Waals surface area (Å²) in [6, 6.07) is 10.7. The van der Waals surface area contributed by atoms with Crippen molar-refractivity contribution in [2.75, 3.05) is 13.2 Å². The van der Waals surface area contributed by atoms with E-state index in [-0.39, 0.29) is 34.6 Å². The first-order valence-corrected chi connectivity index (χ1v) is 8.92. The maximum Gasteiger partial charge on any atom is 0.416 e. The average Bonchev–Trinajstić information content (AvgIpc) is 2.66. The summed E-state index contributed by atoms with van der Waals surface area (Å²) in [5.41, 5.74) is -0.936. The molecule has 1 atom stereocenters. The van der Waals surface area contributed by atoms with Crippen LogP contribution in [0.15, 0.2) is 42.5 Å². The fraction of sp³-hybridized carbons (Fsp3) is 0.263. The first-order chi connectivity index (χ1) is 13.7. The minimum atomic E-state index is -4.55. The highest BCUT2D eigenvalue weighted by atomic mass is 35.5. The van der Waals surface area contributed by atoms with Gasteiger partial charge in [0.1, 0.15) is 24.7 Å². The van der Waals surface area contributed by atoms with Crippen molar-refractivity contribution in [3.05, 3.63) is 58.1 Å². The summed E-state index contributed by atoms with van der Waals surface area (Å²) >= 11 is 11.9. The highest BCUT2D eigenvalue weighted by molar-refractivity contribution is 6.32. The molecule has 0 aliphatic carbocycles. The van der Waals surface area contributed by atoms with Gasteiger partial charge in [0.05, 0.1) is 28.1 Å². The molecule has 154 valence electrons. The van der Waals surface area contributed by atoms with Crippen LogP contribution in [0.3, 0.4) is 0 Å². The molecule has 0 heterocycles. The maximum absolute atomic E-state index is 12.7. The molecular formula is C19H14Cl2F3NO4. The number of halogens is 5. The Morgan fingerprint density at radius 3 is 2.45 bits per heavy atom. The summed E-state index contributed by atoms with van der Waals surface area (Å²) in [4.78, 5) is 12.3. The number of rotatable bonds is 8. The summed E-state index contributed by atoms with van der Waals surface area (Å²) in [7, 11) is 0. The van der Waals surface area contributed by atoms with E-state index in [0.29, 0.717) is 6.07 Å². The van der Waals surface area contributed by atoms with Gasteiger partial charge >= 0.3 is 12.1 Å². The van der Waals surface area contributed by atoms with Gasteiger partial charge in [0.25, 0.3) is 0 Å². The van der Waals surface area contributed by atoms with Crippen LogP contribution in [0.25, 0.3) is 0 Å². The maximum atomic E-state index is 12.7. The monoisotopic (exact) mass is 447 g/mol. The smallest absolute Gasteiger partial charge is 0.416 e. The van der Waals surface area contributed by atoms with Gasteiger partial charge in [-0.2, -0.15) is 18.4 Å². The van der Waals surface area contributed by atoms with E-state index >= 15 is 0 Å². The Kier molecular flexibility index (Phi) is 8.00. The third-order valence-electron chi connectivity index (χ3n) is 3.48. The van der Waals surface area contributed by atoms with Crippen molar-refractivity contribution in [2.45, 2.75) is 18.7 Å². The summed E-state index contributed by atoms with van der Waals surface area (Å²) in [6.07, 6.45) is -5.87. The van der Waals surface area contributed by atoms with Crippen molar-refractivity contribution < 1.29 is 32.2 Å². The minimum Gasteiger partial charge on any atom is -0.488 e. The molecule has 0 saturated carbocycles. The molecule has 0 spiro atoms. The first-order valence-electron chi connectivity index (χ1n) is 8.16. The van der Waals surface area contributed by atoms with E-state index in [1.807, 2.05) is 6.07 Å². The van der Waals surface area contributed by atoms with Crippen LogP contribution in [0.1, 0.15) is 12.0 Å². The molecule has 0 bridgehead atoms. The molecule has 0 fully saturated rings. The number of carbonyl (C=O) groups is 1. The van der Waals surface area contributed by atoms with Crippen molar-refractivity contribution in [2.24, 2.45) is 0 Å². The van der Waals surface area contributed by atoms with E-state index in [1.165, 1.54) is 6.07 Å². The molecule has 0 aliphatic rings. The van der Waals surface area contributed by atoms with Crippen molar-refractivity contribution >= 4 is 29.2 Å². The number of nitriles is 1. The molecule has 2 aromatic rings. The second kappa shape index (κ2) is 10.2. The number of hydrogen-bond donors (Lipinski definition) is 0. The second-order valence-electron chi connectivity index (χ2n) is 5.57. The predicted molar refractivity (Wildman–Crippen MR) is 99.0 cm³/mol. The Morgan fingerprint density at radius 2 is 1.83 bits per heavy atom. The lowest BCUT2D eigenvalue weighted by atomic mass is 10.2. The lowest BCUT2D eigenvalue weighted by molar-refractivity contribution is -0.153. The summed E-state index contributed by atoms with van der Waals surface area (Å²) in [6.45, 7) is -0.569. The lowest BCUT2D eigenvalue weighted by Gasteiger charge is -2.19. The van der Waals surface area contributed by atoms with Gasteiger partial charge in [0.15, 0.2) is 0 Å². The quantitative estimate of drug-likeness (QED) is 0.405. The molecule has 10 heteroatoms. The second-order valence-corrected chi connectivity index (χ2v) is 6.38. The molecule has 1 unspecified atom stereocenters. The zero-order chi connectivity index (χ0) is 21.4.